The summed E-state index contributed by atoms with van der Waals surface area (Å²) in [6.07, 6.45) is 3.53. The van der Waals surface area contributed by atoms with Gasteiger partial charge in [-0.15, -0.1) is 0 Å². The van der Waals surface area contributed by atoms with Crippen molar-refractivity contribution in [2.75, 3.05) is 13.1 Å². The number of nitrogens with zero attached hydrogens (tertiary/aromatic N) is 1. The van der Waals surface area contributed by atoms with E-state index in [2.05, 4.69) is 15.0 Å². The lowest BCUT2D eigenvalue weighted by Gasteiger charge is -2.21. The number of aliphatic imine (C=N–C) groups is 1. The molecule has 3 rings (SSSR count). The highest BCUT2D eigenvalue weighted by Crippen LogP contribution is 2.22. The summed E-state index contributed by atoms with van der Waals surface area (Å²) < 4.78 is 26.3. The maximum absolute atomic E-state index is 11.9. The van der Waals surface area contributed by atoms with Gasteiger partial charge in [-0.1, -0.05) is 18.6 Å². The molecule has 19 heavy (non-hydrogen) atoms. The molecule has 1 aromatic carbocycles. The number of rotatable bonds is 2. The molecule has 5 nitrogen and oxygen atoms in total. The lowest BCUT2D eigenvalue weighted by atomic mass is 10.1. The van der Waals surface area contributed by atoms with Gasteiger partial charge >= 0.3 is 0 Å². The van der Waals surface area contributed by atoms with Gasteiger partial charge in [0.1, 0.15) is 5.84 Å². The van der Waals surface area contributed by atoms with Crippen molar-refractivity contribution < 1.29 is 8.42 Å². The Kier molecular flexibility index (Phi) is 3.28. The van der Waals surface area contributed by atoms with E-state index < -0.39 is 10.0 Å². The molecule has 0 aromatic heterocycles. The van der Waals surface area contributed by atoms with Crippen LogP contribution in [0.4, 0.5) is 0 Å². The molecule has 0 amide bonds. The molecule has 0 radical (unpaired) electrons. The van der Waals surface area contributed by atoms with Gasteiger partial charge in [0.25, 0.3) is 10.0 Å². The van der Waals surface area contributed by atoms with E-state index in [1.807, 2.05) is 6.07 Å². The number of hydrogen-bond acceptors (Lipinski definition) is 4. The first-order chi connectivity index (χ1) is 9.17. The molecule has 102 valence electrons. The maximum atomic E-state index is 11.9. The van der Waals surface area contributed by atoms with Crippen LogP contribution in [0.3, 0.4) is 0 Å². The largest absolute Gasteiger partial charge is 0.312 e. The highest BCUT2D eigenvalue weighted by molar-refractivity contribution is 7.90. The van der Waals surface area contributed by atoms with Crippen LogP contribution in [0, 0.1) is 0 Å². The predicted octanol–water partition coefficient (Wildman–Crippen LogP) is 0.867. The van der Waals surface area contributed by atoms with Crippen LogP contribution in [0.2, 0.25) is 0 Å². The molecule has 1 saturated heterocycles. The lowest BCUT2D eigenvalue weighted by molar-refractivity contribution is 0.408. The van der Waals surface area contributed by atoms with E-state index >= 15 is 0 Å². The summed E-state index contributed by atoms with van der Waals surface area (Å²) in [5.41, 5.74) is 0.679. The van der Waals surface area contributed by atoms with Crippen molar-refractivity contribution in [3.8, 4) is 0 Å². The first-order valence-electron chi connectivity index (χ1n) is 6.57. The van der Waals surface area contributed by atoms with Gasteiger partial charge in [0.05, 0.1) is 11.4 Å². The van der Waals surface area contributed by atoms with Gasteiger partial charge in [0, 0.05) is 11.6 Å². The molecule has 1 atom stereocenters. The minimum absolute atomic E-state index is 0.324. The average Bonchev–Trinajstić information content (AvgIpc) is 2.70. The van der Waals surface area contributed by atoms with Crippen LogP contribution in [-0.4, -0.2) is 33.4 Å². The van der Waals surface area contributed by atoms with Crippen LogP contribution in [0.1, 0.15) is 24.8 Å². The van der Waals surface area contributed by atoms with Crippen molar-refractivity contribution in [1.82, 2.24) is 10.0 Å². The fourth-order valence-electron chi connectivity index (χ4n) is 2.53. The number of benzene rings is 1. The average molecular weight is 279 g/mol. The Morgan fingerprint density at radius 1 is 1.26 bits per heavy atom. The van der Waals surface area contributed by atoms with Crippen molar-refractivity contribution in [1.29, 1.82) is 0 Å². The molecule has 0 aliphatic carbocycles. The zero-order chi connectivity index (χ0) is 13.3. The van der Waals surface area contributed by atoms with Gasteiger partial charge in [-0.3, -0.25) is 9.71 Å². The Morgan fingerprint density at radius 2 is 2.11 bits per heavy atom. The van der Waals surface area contributed by atoms with E-state index in [4.69, 9.17) is 0 Å². The third kappa shape index (κ3) is 2.50. The Morgan fingerprint density at radius 3 is 2.89 bits per heavy atom. The first-order valence-corrected chi connectivity index (χ1v) is 8.05. The van der Waals surface area contributed by atoms with Crippen LogP contribution in [0.15, 0.2) is 34.2 Å². The smallest absolute Gasteiger partial charge is 0.263 e. The first kappa shape index (κ1) is 12.6. The van der Waals surface area contributed by atoms with Crippen molar-refractivity contribution in [3.05, 3.63) is 29.8 Å². The van der Waals surface area contributed by atoms with Gasteiger partial charge in [-0.2, -0.15) is 0 Å². The Balaban J connectivity index is 1.83. The lowest BCUT2D eigenvalue weighted by Crippen LogP contribution is -2.37. The van der Waals surface area contributed by atoms with E-state index in [9.17, 15) is 8.42 Å². The van der Waals surface area contributed by atoms with E-state index in [1.54, 1.807) is 18.2 Å². The fourth-order valence-corrected chi connectivity index (χ4v) is 3.78. The normalized spacial score (nSPS) is 26.9. The summed E-state index contributed by atoms with van der Waals surface area (Å²) in [5, 5.41) is 3.40. The number of amidine groups is 1. The Hall–Kier alpha value is -1.40. The van der Waals surface area contributed by atoms with Crippen LogP contribution < -0.4 is 10.0 Å². The second kappa shape index (κ2) is 4.94. The second-order valence-electron chi connectivity index (χ2n) is 4.94. The number of fused-ring (bicyclic) bond motifs is 1. The van der Waals surface area contributed by atoms with Gasteiger partial charge in [0.2, 0.25) is 0 Å². The molecular weight excluding hydrogens is 262 g/mol. The molecule has 1 aromatic rings. The summed E-state index contributed by atoms with van der Waals surface area (Å²) in [5.74, 6) is 0.475. The second-order valence-corrected chi connectivity index (χ2v) is 6.59. The number of hydrogen-bond donors (Lipinski definition) is 2. The highest BCUT2D eigenvalue weighted by Gasteiger charge is 2.30. The third-order valence-electron chi connectivity index (χ3n) is 3.54. The molecule has 0 unspecified atom stereocenters. The third-order valence-corrected chi connectivity index (χ3v) is 4.94. The van der Waals surface area contributed by atoms with Crippen LogP contribution in [-0.2, 0) is 10.0 Å². The van der Waals surface area contributed by atoms with Gasteiger partial charge in [-0.05, 0) is 31.5 Å². The van der Waals surface area contributed by atoms with Crippen molar-refractivity contribution >= 4 is 15.9 Å². The molecule has 2 heterocycles. The molecule has 0 bridgehead atoms. The Labute approximate surface area is 113 Å². The number of sulfonamides is 1. The van der Waals surface area contributed by atoms with Crippen LogP contribution in [0.5, 0.6) is 0 Å². The van der Waals surface area contributed by atoms with Crippen molar-refractivity contribution in [3.63, 3.8) is 0 Å². The van der Waals surface area contributed by atoms with Gasteiger partial charge < -0.3 is 5.32 Å². The van der Waals surface area contributed by atoms with Crippen LogP contribution >= 0.6 is 0 Å². The van der Waals surface area contributed by atoms with Gasteiger partial charge in [-0.25, -0.2) is 8.42 Å². The molecule has 2 aliphatic heterocycles. The molecule has 2 aliphatic rings. The molecular formula is C13H17N3O2S. The monoisotopic (exact) mass is 279 g/mol. The minimum Gasteiger partial charge on any atom is -0.312 e. The fraction of sp³-hybridized carbons (Fsp3) is 0.462. The zero-order valence-electron chi connectivity index (χ0n) is 10.6. The van der Waals surface area contributed by atoms with Gasteiger partial charge in [0.15, 0.2) is 0 Å². The number of nitrogens with one attached hydrogen (secondary N) is 2. The zero-order valence-corrected chi connectivity index (χ0v) is 11.4. The van der Waals surface area contributed by atoms with Crippen molar-refractivity contribution in [2.24, 2.45) is 4.99 Å². The molecule has 6 heteroatoms. The quantitative estimate of drug-likeness (QED) is 0.844. The highest BCUT2D eigenvalue weighted by atomic mass is 32.2. The topological polar surface area (TPSA) is 70.6 Å². The van der Waals surface area contributed by atoms with E-state index in [-0.39, 0.29) is 0 Å². The summed E-state index contributed by atoms with van der Waals surface area (Å²) in [6, 6.07) is 7.32. The summed E-state index contributed by atoms with van der Waals surface area (Å²) >= 11 is 0. The van der Waals surface area contributed by atoms with Crippen molar-refractivity contribution in [2.45, 2.75) is 30.2 Å². The number of piperidine rings is 1. The summed E-state index contributed by atoms with van der Waals surface area (Å²) in [6.45, 7) is 1.64. The molecule has 1 fully saturated rings. The minimum atomic E-state index is -3.41. The predicted molar refractivity (Wildman–Crippen MR) is 73.8 cm³/mol. The Bertz CT molecular complexity index is 604. The maximum Gasteiger partial charge on any atom is 0.263 e. The molecule has 0 spiro atoms. The van der Waals surface area contributed by atoms with E-state index in [1.165, 1.54) is 12.8 Å². The van der Waals surface area contributed by atoms with Crippen LogP contribution in [0.25, 0.3) is 0 Å². The van der Waals surface area contributed by atoms with E-state index in [0.717, 1.165) is 13.0 Å². The summed E-state index contributed by atoms with van der Waals surface area (Å²) in [7, 11) is -3.41. The summed E-state index contributed by atoms with van der Waals surface area (Å²) in [4.78, 5) is 4.77. The van der Waals surface area contributed by atoms with E-state index in [0.29, 0.717) is 28.9 Å². The SMILES string of the molecule is O=S1(=O)NC(=NC[C@H]2CCCCN2)c2ccccc21. The molecule has 2 N–H and O–H groups in total. The molecule has 0 saturated carbocycles. The standard InChI is InChI=1S/C13H17N3O2S/c17-19(18)12-7-2-1-6-11(12)13(16-19)15-9-10-5-3-4-8-14-10/h1-2,6-7,10,14H,3-5,8-9H2,(H,15,16)/t10-/m1/s1.